The second-order valence-corrected chi connectivity index (χ2v) is 6.29. The lowest BCUT2D eigenvalue weighted by Crippen LogP contribution is -2.51. The maximum absolute atomic E-state index is 12.3. The maximum atomic E-state index is 12.3. The van der Waals surface area contributed by atoms with Gasteiger partial charge < -0.3 is 15.1 Å². The highest BCUT2D eigenvalue weighted by Gasteiger charge is 2.23. The first kappa shape index (κ1) is 21.1. The lowest BCUT2D eigenvalue weighted by molar-refractivity contribution is -0.137. The molecule has 1 aliphatic rings. The Kier molecular flexibility index (Phi) is 9.64. The van der Waals surface area contributed by atoms with E-state index in [1.165, 1.54) is 0 Å². The summed E-state index contributed by atoms with van der Waals surface area (Å²) in [4.78, 5) is 30.0. The summed E-state index contributed by atoms with van der Waals surface area (Å²) in [7, 11) is 1.83. The molecule has 1 N–H and O–H groups in total. The second kappa shape index (κ2) is 10.0. The largest absolute Gasteiger partial charge is 0.339 e. The van der Waals surface area contributed by atoms with E-state index < -0.39 is 0 Å². The molecule has 1 aliphatic heterocycles. The fraction of sp³-hybridized carbons (Fsp3) is 0.867. The Balaban J connectivity index is 0.00000441. The normalized spacial score (nSPS) is 15.2. The minimum absolute atomic E-state index is 0. The Hall–Kier alpha value is -0.850. The van der Waals surface area contributed by atoms with Crippen molar-refractivity contribution in [1.29, 1.82) is 0 Å². The molecule has 0 spiro atoms. The average Bonchev–Trinajstić information content (AvgIpc) is 2.38. The standard InChI is InChI=1S/C15H30N4O2.ClH/c1-12(2)19(13(3)4)15(21)11-17(5)10-14(20)18-8-6-16-7-9-18;/h12-13,16H,6-11H2,1-5H3;1H. The number of nitrogens with one attached hydrogen (secondary N) is 1. The lowest BCUT2D eigenvalue weighted by Gasteiger charge is -2.33. The van der Waals surface area contributed by atoms with E-state index in [0.29, 0.717) is 6.54 Å². The second-order valence-electron chi connectivity index (χ2n) is 6.29. The summed E-state index contributed by atoms with van der Waals surface area (Å²) in [5.41, 5.74) is 0. The number of amides is 2. The van der Waals surface area contributed by atoms with Crippen LogP contribution < -0.4 is 5.32 Å². The third-order valence-electron chi connectivity index (χ3n) is 3.68. The van der Waals surface area contributed by atoms with E-state index in [1.54, 1.807) is 0 Å². The van der Waals surface area contributed by atoms with Crippen LogP contribution in [0.25, 0.3) is 0 Å². The number of likely N-dealkylation sites (N-methyl/N-ethyl adjacent to an activating group) is 1. The van der Waals surface area contributed by atoms with Crippen LogP contribution in [0.5, 0.6) is 0 Å². The Labute approximate surface area is 140 Å². The van der Waals surface area contributed by atoms with Gasteiger partial charge >= 0.3 is 0 Å². The molecule has 1 rings (SSSR count). The average molecular weight is 335 g/mol. The zero-order valence-electron chi connectivity index (χ0n) is 14.5. The van der Waals surface area contributed by atoms with Gasteiger partial charge in [0.2, 0.25) is 11.8 Å². The molecular formula is C15H31ClN4O2. The first-order chi connectivity index (χ1) is 9.82. The summed E-state index contributed by atoms with van der Waals surface area (Å²) >= 11 is 0. The Morgan fingerprint density at radius 3 is 2.00 bits per heavy atom. The van der Waals surface area contributed by atoms with Crippen molar-refractivity contribution in [3.05, 3.63) is 0 Å². The molecule has 6 nitrogen and oxygen atoms in total. The third-order valence-corrected chi connectivity index (χ3v) is 3.68. The Morgan fingerprint density at radius 2 is 1.55 bits per heavy atom. The SMILES string of the molecule is CC(C)N(C(=O)CN(C)CC(=O)N1CCNCC1)C(C)C.Cl. The highest BCUT2D eigenvalue weighted by molar-refractivity contribution is 5.85. The van der Waals surface area contributed by atoms with Crippen molar-refractivity contribution in [3.8, 4) is 0 Å². The minimum Gasteiger partial charge on any atom is -0.339 e. The van der Waals surface area contributed by atoms with Gasteiger partial charge in [-0.15, -0.1) is 12.4 Å². The molecule has 0 bridgehead atoms. The summed E-state index contributed by atoms with van der Waals surface area (Å²) in [6, 6.07) is 0.351. The summed E-state index contributed by atoms with van der Waals surface area (Å²) in [6.45, 7) is 11.9. The van der Waals surface area contributed by atoms with Gasteiger partial charge in [0, 0.05) is 38.3 Å². The number of nitrogens with zero attached hydrogens (tertiary/aromatic N) is 3. The van der Waals surface area contributed by atoms with Crippen LogP contribution in [0, 0.1) is 0 Å². The monoisotopic (exact) mass is 334 g/mol. The summed E-state index contributed by atoms with van der Waals surface area (Å²) in [5, 5.41) is 3.23. The summed E-state index contributed by atoms with van der Waals surface area (Å²) < 4.78 is 0. The van der Waals surface area contributed by atoms with Crippen molar-refractivity contribution >= 4 is 24.2 Å². The van der Waals surface area contributed by atoms with Crippen LogP contribution in [0.4, 0.5) is 0 Å². The van der Waals surface area contributed by atoms with E-state index in [1.807, 2.05) is 49.4 Å². The van der Waals surface area contributed by atoms with E-state index in [0.717, 1.165) is 26.2 Å². The first-order valence-corrected chi connectivity index (χ1v) is 7.81. The predicted octanol–water partition coefficient (Wildman–Crippen LogP) is 0.417. The molecule has 0 aromatic heterocycles. The molecule has 7 heteroatoms. The molecule has 130 valence electrons. The van der Waals surface area contributed by atoms with Gasteiger partial charge in [0.1, 0.15) is 0 Å². The number of halogens is 1. The molecule has 0 aromatic rings. The molecule has 0 saturated carbocycles. The van der Waals surface area contributed by atoms with Gasteiger partial charge in [-0.05, 0) is 34.7 Å². The van der Waals surface area contributed by atoms with E-state index in [-0.39, 0.29) is 42.8 Å². The lowest BCUT2D eigenvalue weighted by atomic mass is 10.2. The van der Waals surface area contributed by atoms with Crippen molar-refractivity contribution in [3.63, 3.8) is 0 Å². The molecule has 1 fully saturated rings. The highest BCUT2D eigenvalue weighted by atomic mass is 35.5. The highest BCUT2D eigenvalue weighted by Crippen LogP contribution is 2.06. The maximum Gasteiger partial charge on any atom is 0.237 e. The summed E-state index contributed by atoms with van der Waals surface area (Å²) in [5.74, 6) is 0.183. The Morgan fingerprint density at radius 1 is 1.05 bits per heavy atom. The number of hydrogen-bond donors (Lipinski definition) is 1. The number of piperazine rings is 1. The van der Waals surface area contributed by atoms with Crippen LogP contribution in [-0.2, 0) is 9.59 Å². The van der Waals surface area contributed by atoms with E-state index in [9.17, 15) is 9.59 Å². The fourth-order valence-electron chi connectivity index (χ4n) is 2.79. The van der Waals surface area contributed by atoms with Gasteiger partial charge in [-0.3, -0.25) is 14.5 Å². The van der Waals surface area contributed by atoms with Gasteiger partial charge in [-0.25, -0.2) is 0 Å². The molecule has 0 radical (unpaired) electrons. The minimum atomic E-state index is 0. The number of hydrogen-bond acceptors (Lipinski definition) is 4. The van der Waals surface area contributed by atoms with Gasteiger partial charge in [0.25, 0.3) is 0 Å². The number of rotatable bonds is 6. The summed E-state index contributed by atoms with van der Waals surface area (Å²) in [6.07, 6.45) is 0. The van der Waals surface area contributed by atoms with Crippen LogP contribution in [-0.4, -0.2) is 84.9 Å². The van der Waals surface area contributed by atoms with E-state index in [2.05, 4.69) is 5.32 Å². The molecule has 2 amide bonds. The predicted molar refractivity (Wildman–Crippen MR) is 91.3 cm³/mol. The smallest absolute Gasteiger partial charge is 0.237 e. The third kappa shape index (κ3) is 6.50. The molecule has 0 aromatic carbocycles. The van der Waals surface area contributed by atoms with Gasteiger partial charge in [-0.1, -0.05) is 0 Å². The topological polar surface area (TPSA) is 55.9 Å². The molecule has 0 unspecified atom stereocenters. The van der Waals surface area contributed by atoms with Crippen molar-refractivity contribution in [2.45, 2.75) is 39.8 Å². The number of carbonyl (C=O) groups excluding carboxylic acids is 2. The molecule has 22 heavy (non-hydrogen) atoms. The van der Waals surface area contributed by atoms with Crippen molar-refractivity contribution in [2.24, 2.45) is 0 Å². The van der Waals surface area contributed by atoms with Crippen LogP contribution in [0.2, 0.25) is 0 Å². The van der Waals surface area contributed by atoms with Crippen LogP contribution >= 0.6 is 12.4 Å². The molecule has 0 atom stereocenters. The fourth-order valence-corrected chi connectivity index (χ4v) is 2.79. The zero-order valence-corrected chi connectivity index (χ0v) is 15.3. The quantitative estimate of drug-likeness (QED) is 0.765. The van der Waals surface area contributed by atoms with E-state index >= 15 is 0 Å². The van der Waals surface area contributed by atoms with Crippen LogP contribution in [0.1, 0.15) is 27.7 Å². The van der Waals surface area contributed by atoms with Gasteiger partial charge in [0.15, 0.2) is 0 Å². The van der Waals surface area contributed by atoms with Crippen LogP contribution in [0.3, 0.4) is 0 Å². The molecule has 1 heterocycles. The molecule has 0 aliphatic carbocycles. The van der Waals surface area contributed by atoms with Gasteiger partial charge in [0.05, 0.1) is 13.1 Å². The van der Waals surface area contributed by atoms with E-state index in [4.69, 9.17) is 0 Å². The van der Waals surface area contributed by atoms with Gasteiger partial charge in [-0.2, -0.15) is 0 Å². The van der Waals surface area contributed by atoms with Crippen molar-refractivity contribution in [1.82, 2.24) is 20.0 Å². The number of carbonyl (C=O) groups is 2. The van der Waals surface area contributed by atoms with Crippen molar-refractivity contribution in [2.75, 3.05) is 46.3 Å². The van der Waals surface area contributed by atoms with Crippen molar-refractivity contribution < 1.29 is 9.59 Å². The first-order valence-electron chi connectivity index (χ1n) is 7.81. The molecule has 1 saturated heterocycles. The zero-order chi connectivity index (χ0) is 16.0. The molecular weight excluding hydrogens is 304 g/mol. The Bertz CT molecular complexity index is 349. The van der Waals surface area contributed by atoms with Crippen LogP contribution in [0.15, 0.2) is 0 Å².